The minimum Gasteiger partial charge on any atom is -0.497 e. The molecule has 0 heterocycles. The molecule has 0 N–H and O–H groups in total. The fraction of sp³-hybridized carbons (Fsp3) is 0.421. The molecule has 4 heteroatoms. The zero-order valence-electron chi connectivity index (χ0n) is 14.8. The predicted octanol–water partition coefficient (Wildman–Crippen LogP) is 5.43. The molecular formula is C19H25NO2Si. The summed E-state index contributed by atoms with van der Waals surface area (Å²) in [7, 11) is -0.335. The van der Waals surface area contributed by atoms with E-state index in [1.165, 1.54) is 0 Å². The molecule has 3 nitrogen and oxygen atoms in total. The first-order valence-corrected chi connectivity index (χ1v) is 10.7. The molecule has 0 fully saturated rings. The Labute approximate surface area is 140 Å². The van der Waals surface area contributed by atoms with Gasteiger partial charge in [0, 0.05) is 0 Å². The van der Waals surface area contributed by atoms with Crippen LogP contribution in [0.4, 0.5) is 0 Å². The van der Waals surface area contributed by atoms with Crippen LogP contribution in [0.2, 0.25) is 18.1 Å². The molecule has 0 radical (unpaired) electrons. The van der Waals surface area contributed by atoms with E-state index < -0.39 is 14.4 Å². The summed E-state index contributed by atoms with van der Waals surface area (Å²) in [4.78, 5) is 0. The highest BCUT2D eigenvalue weighted by molar-refractivity contribution is 6.74. The summed E-state index contributed by atoms with van der Waals surface area (Å²) in [6.45, 7) is 10.9. The van der Waals surface area contributed by atoms with E-state index in [9.17, 15) is 5.26 Å². The number of benzene rings is 2. The van der Waals surface area contributed by atoms with Crippen LogP contribution in [0.5, 0.6) is 5.75 Å². The van der Waals surface area contributed by atoms with Gasteiger partial charge in [-0.25, -0.2) is 0 Å². The highest BCUT2D eigenvalue weighted by atomic mass is 28.4. The molecule has 2 aromatic rings. The lowest BCUT2D eigenvalue weighted by Gasteiger charge is -2.37. The van der Waals surface area contributed by atoms with E-state index >= 15 is 0 Å². The molecule has 0 bridgehead atoms. The molecule has 0 aromatic heterocycles. The summed E-state index contributed by atoms with van der Waals surface area (Å²) in [6.07, 6.45) is -0.526. The normalized spacial score (nSPS) is 13.6. The van der Waals surface area contributed by atoms with Crippen LogP contribution in [0.3, 0.4) is 0 Å². The van der Waals surface area contributed by atoms with Crippen LogP contribution in [0.1, 0.15) is 32.4 Å². The first kappa shape index (κ1) is 17.5. The van der Waals surface area contributed by atoms with Gasteiger partial charge in [0.15, 0.2) is 14.4 Å². The zero-order valence-corrected chi connectivity index (χ0v) is 15.8. The largest absolute Gasteiger partial charge is 0.497 e. The van der Waals surface area contributed by atoms with Gasteiger partial charge in [0.1, 0.15) is 5.75 Å². The molecule has 0 unspecified atom stereocenters. The minimum atomic E-state index is -2.00. The second kappa shape index (κ2) is 6.35. The van der Waals surface area contributed by atoms with Gasteiger partial charge >= 0.3 is 0 Å². The van der Waals surface area contributed by atoms with Crippen LogP contribution in [-0.4, -0.2) is 15.4 Å². The highest BCUT2D eigenvalue weighted by Gasteiger charge is 2.39. The van der Waals surface area contributed by atoms with E-state index in [4.69, 9.17) is 9.16 Å². The van der Waals surface area contributed by atoms with Crippen molar-refractivity contribution in [3.63, 3.8) is 0 Å². The Morgan fingerprint density at radius 2 is 1.65 bits per heavy atom. The Bertz CT molecular complexity index is 741. The Hall–Kier alpha value is -1.83. The Kier molecular flexibility index (Phi) is 4.83. The average molecular weight is 328 g/mol. The second-order valence-corrected chi connectivity index (χ2v) is 12.1. The van der Waals surface area contributed by atoms with Crippen molar-refractivity contribution in [2.24, 2.45) is 0 Å². The standard InChI is InChI=1S/C19H25NO2Si/c1-19(2,3)23(5,6)22-18(13-20)16-8-7-15-12-17(21-4)10-9-14(15)11-16/h7-12,18H,1-6H3/t18-/m0/s1. The molecule has 1 atom stereocenters. The quantitative estimate of drug-likeness (QED) is 0.703. The number of rotatable bonds is 4. The number of fused-ring (bicyclic) bond motifs is 1. The maximum Gasteiger partial charge on any atom is 0.194 e. The fourth-order valence-corrected chi connectivity index (χ4v) is 3.30. The van der Waals surface area contributed by atoms with Gasteiger partial charge in [-0.15, -0.1) is 0 Å². The highest BCUT2D eigenvalue weighted by Crippen LogP contribution is 2.40. The van der Waals surface area contributed by atoms with E-state index in [1.807, 2.05) is 36.4 Å². The molecule has 0 aliphatic carbocycles. The van der Waals surface area contributed by atoms with Crippen molar-refractivity contribution in [3.05, 3.63) is 42.0 Å². The molecule has 122 valence electrons. The van der Waals surface area contributed by atoms with Crippen LogP contribution in [0.15, 0.2) is 36.4 Å². The molecule has 23 heavy (non-hydrogen) atoms. The van der Waals surface area contributed by atoms with E-state index in [0.29, 0.717) is 0 Å². The van der Waals surface area contributed by atoms with Crippen LogP contribution >= 0.6 is 0 Å². The SMILES string of the molecule is COc1ccc2cc([C@H](C#N)O[Si](C)(C)C(C)(C)C)ccc2c1. The Balaban J connectivity index is 2.35. The third kappa shape index (κ3) is 3.74. The third-order valence-corrected chi connectivity index (χ3v) is 9.15. The van der Waals surface area contributed by atoms with Crippen molar-refractivity contribution < 1.29 is 9.16 Å². The molecule has 0 saturated carbocycles. The topological polar surface area (TPSA) is 42.2 Å². The lowest BCUT2D eigenvalue weighted by molar-refractivity contribution is 0.236. The average Bonchev–Trinajstić information content (AvgIpc) is 2.50. The van der Waals surface area contributed by atoms with Gasteiger partial charge < -0.3 is 9.16 Å². The summed E-state index contributed by atoms with van der Waals surface area (Å²) in [5.74, 6) is 0.833. The van der Waals surface area contributed by atoms with Gasteiger partial charge in [0.2, 0.25) is 0 Å². The van der Waals surface area contributed by atoms with Crippen LogP contribution in [-0.2, 0) is 4.43 Å². The molecule has 0 amide bonds. The molecule has 0 aliphatic rings. The van der Waals surface area contributed by atoms with Gasteiger partial charge in [-0.1, -0.05) is 39.0 Å². The van der Waals surface area contributed by atoms with E-state index in [1.54, 1.807) is 7.11 Å². The summed E-state index contributed by atoms with van der Waals surface area (Å²) in [5.41, 5.74) is 0.912. The van der Waals surface area contributed by atoms with Crippen molar-refractivity contribution in [1.29, 1.82) is 5.26 Å². The number of nitrogens with zero attached hydrogens (tertiary/aromatic N) is 1. The summed E-state index contributed by atoms with van der Waals surface area (Å²) >= 11 is 0. The van der Waals surface area contributed by atoms with E-state index in [-0.39, 0.29) is 5.04 Å². The molecule has 2 aromatic carbocycles. The zero-order chi connectivity index (χ0) is 17.3. The third-order valence-electron chi connectivity index (χ3n) is 4.71. The molecular weight excluding hydrogens is 302 g/mol. The van der Waals surface area contributed by atoms with E-state index in [2.05, 4.69) is 39.9 Å². The second-order valence-electron chi connectivity index (χ2n) is 7.36. The molecule has 0 aliphatic heterocycles. The van der Waals surface area contributed by atoms with Crippen molar-refractivity contribution in [2.45, 2.75) is 45.0 Å². The monoisotopic (exact) mass is 327 g/mol. The van der Waals surface area contributed by atoms with Gasteiger partial charge in [-0.05, 0) is 52.7 Å². The number of ether oxygens (including phenoxy) is 1. The predicted molar refractivity (Wildman–Crippen MR) is 97.1 cm³/mol. The Morgan fingerprint density at radius 3 is 2.22 bits per heavy atom. The fourth-order valence-electron chi connectivity index (χ4n) is 2.17. The van der Waals surface area contributed by atoms with Gasteiger partial charge in [0.25, 0.3) is 0 Å². The minimum absolute atomic E-state index is 0.0757. The number of hydrogen-bond donors (Lipinski definition) is 0. The van der Waals surface area contributed by atoms with Gasteiger partial charge in [-0.2, -0.15) is 5.26 Å². The maximum absolute atomic E-state index is 9.59. The van der Waals surface area contributed by atoms with E-state index in [0.717, 1.165) is 22.1 Å². The Morgan fingerprint density at radius 1 is 1.04 bits per heavy atom. The first-order valence-electron chi connectivity index (χ1n) is 7.83. The van der Waals surface area contributed by atoms with Crippen LogP contribution < -0.4 is 4.74 Å². The van der Waals surface area contributed by atoms with Crippen LogP contribution in [0, 0.1) is 11.3 Å². The lowest BCUT2D eigenvalue weighted by atomic mass is 10.0. The molecule has 0 spiro atoms. The summed E-state index contributed by atoms with van der Waals surface area (Å²) in [6, 6.07) is 14.3. The molecule has 2 rings (SSSR count). The lowest BCUT2D eigenvalue weighted by Crippen LogP contribution is -2.41. The number of nitriles is 1. The van der Waals surface area contributed by atoms with Gasteiger partial charge in [-0.3, -0.25) is 0 Å². The number of methoxy groups -OCH3 is 1. The number of hydrogen-bond acceptors (Lipinski definition) is 3. The van der Waals surface area contributed by atoms with Gasteiger partial charge in [0.05, 0.1) is 13.2 Å². The maximum atomic E-state index is 9.59. The summed E-state index contributed by atoms with van der Waals surface area (Å²) < 4.78 is 11.5. The first-order chi connectivity index (χ1) is 10.7. The van der Waals surface area contributed by atoms with Crippen LogP contribution in [0.25, 0.3) is 10.8 Å². The van der Waals surface area contributed by atoms with Crippen molar-refractivity contribution in [2.75, 3.05) is 7.11 Å². The molecule has 0 saturated heterocycles. The smallest absolute Gasteiger partial charge is 0.194 e. The summed E-state index contributed by atoms with van der Waals surface area (Å²) in [5, 5.41) is 11.8. The van der Waals surface area contributed by atoms with Crippen molar-refractivity contribution in [1.82, 2.24) is 0 Å². The van der Waals surface area contributed by atoms with Crippen molar-refractivity contribution in [3.8, 4) is 11.8 Å². The van der Waals surface area contributed by atoms with Crippen molar-refractivity contribution >= 4 is 19.1 Å².